The van der Waals surface area contributed by atoms with Crippen LogP contribution in [0.2, 0.25) is 0 Å². The molecule has 4 aromatic rings. The number of halogens is 1. The van der Waals surface area contributed by atoms with E-state index in [1.807, 2.05) is 48.5 Å². The van der Waals surface area contributed by atoms with E-state index < -0.39 is 0 Å². The van der Waals surface area contributed by atoms with Crippen molar-refractivity contribution in [1.29, 1.82) is 0 Å². The van der Waals surface area contributed by atoms with Gasteiger partial charge in [-0.15, -0.1) is 0 Å². The first kappa shape index (κ1) is 17.6. The van der Waals surface area contributed by atoms with Crippen molar-refractivity contribution in [3.63, 3.8) is 0 Å². The van der Waals surface area contributed by atoms with Gasteiger partial charge in [-0.25, -0.2) is 0 Å². The highest BCUT2D eigenvalue weighted by atomic mass is 79.9. The third-order valence-corrected chi connectivity index (χ3v) is 5.24. The summed E-state index contributed by atoms with van der Waals surface area (Å²) in [4.78, 5) is 0. The molecule has 0 aromatic heterocycles. The van der Waals surface area contributed by atoms with Crippen LogP contribution < -0.4 is 0 Å². The topological polar surface area (TPSA) is 20.2 Å². The molecule has 2 heteroatoms. The highest BCUT2D eigenvalue weighted by Crippen LogP contribution is 2.39. The van der Waals surface area contributed by atoms with Crippen molar-refractivity contribution in [1.82, 2.24) is 0 Å². The largest absolute Gasteiger partial charge is 0.508 e. The minimum Gasteiger partial charge on any atom is -0.508 e. The number of phenolic OH excluding ortho intramolecular Hbond substituents is 1. The summed E-state index contributed by atoms with van der Waals surface area (Å²) >= 11 is 3.54. The molecule has 0 aliphatic rings. The van der Waals surface area contributed by atoms with E-state index in [1.165, 1.54) is 0 Å². The van der Waals surface area contributed by atoms with Gasteiger partial charge in [-0.1, -0.05) is 101 Å². The number of hydrogen-bond donors (Lipinski definition) is 1. The quantitative estimate of drug-likeness (QED) is 0.375. The molecule has 0 saturated heterocycles. The summed E-state index contributed by atoms with van der Waals surface area (Å²) in [6, 6.07) is 30.5. The zero-order chi connectivity index (χ0) is 18.6. The van der Waals surface area contributed by atoms with Crippen LogP contribution in [0.5, 0.6) is 5.75 Å². The van der Waals surface area contributed by atoms with E-state index in [1.54, 1.807) is 6.07 Å². The fourth-order valence-corrected chi connectivity index (χ4v) is 3.82. The van der Waals surface area contributed by atoms with Crippen molar-refractivity contribution in [2.75, 3.05) is 0 Å². The van der Waals surface area contributed by atoms with Gasteiger partial charge < -0.3 is 5.11 Å². The SMILES string of the molecule is Oc1ccc2cc(Br)ccc2c1C(/C=C/c1ccccc1)c1ccccc1. The van der Waals surface area contributed by atoms with Gasteiger partial charge in [-0.3, -0.25) is 0 Å². The maximum Gasteiger partial charge on any atom is 0.120 e. The molecule has 0 aliphatic heterocycles. The molecule has 4 aromatic carbocycles. The minimum atomic E-state index is -0.0451. The molecule has 0 saturated carbocycles. The molecule has 0 fully saturated rings. The van der Waals surface area contributed by atoms with Gasteiger partial charge in [0.2, 0.25) is 0 Å². The zero-order valence-electron chi connectivity index (χ0n) is 14.7. The monoisotopic (exact) mass is 414 g/mol. The van der Waals surface area contributed by atoms with Gasteiger partial charge in [0, 0.05) is 16.0 Å². The Morgan fingerprint density at radius 3 is 2.22 bits per heavy atom. The van der Waals surface area contributed by atoms with E-state index in [-0.39, 0.29) is 5.92 Å². The van der Waals surface area contributed by atoms with Crippen LogP contribution in [0, 0.1) is 0 Å². The van der Waals surface area contributed by atoms with Gasteiger partial charge in [0.25, 0.3) is 0 Å². The lowest BCUT2D eigenvalue weighted by atomic mass is 9.86. The van der Waals surface area contributed by atoms with Crippen LogP contribution in [0.1, 0.15) is 22.6 Å². The summed E-state index contributed by atoms with van der Waals surface area (Å²) in [7, 11) is 0. The molecule has 0 radical (unpaired) electrons. The maximum absolute atomic E-state index is 10.8. The molecule has 0 bridgehead atoms. The third-order valence-electron chi connectivity index (χ3n) is 4.75. The Hall–Kier alpha value is -2.84. The molecule has 0 amide bonds. The van der Waals surface area contributed by atoms with E-state index in [9.17, 15) is 5.11 Å². The van der Waals surface area contributed by atoms with Crippen molar-refractivity contribution in [3.8, 4) is 5.75 Å². The molecule has 27 heavy (non-hydrogen) atoms. The number of aromatic hydroxyl groups is 1. The second-order valence-electron chi connectivity index (χ2n) is 6.52. The highest BCUT2D eigenvalue weighted by molar-refractivity contribution is 9.10. The van der Waals surface area contributed by atoms with E-state index in [2.05, 4.69) is 64.5 Å². The number of allylic oxidation sites excluding steroid dienone is 1. The minimum absolute atomic E-state index is 0.0451. The van der Waals surface area contributed by atoms with Crippen LogP contribution in [0.3, 0.4) is 0 Å². The number of benzene rings is 4. The summed E-state index contributed by atoms with van der Waals surface area (Å²) in [5, 5.41) is 12.9. The van der Waals surface area contributed by atoms with Gasteiger partial charge in [-0.05, 0) is 40.1 Å². The summed E-state index contributed by atoms with van der Waals surface area (Å²) in [6.45, 7) is 0. The Kier molecular flexibility index (Phi) is 5.08. The van der Waals surface area contributed by atoms with E-state index in [0.717, 1.165) is 31.9 Å². The van der Waals surface area contributed by atoms with E-state index in [4.69, 9.17) is 0 Å². The van der Waals surface area contributed by atoms with Gasteiger partial charge in [0.05, 0.1) is 0 Å². The van der Waals surface area contributed by atoms with Gasteiger partial charge in [0.1, 0.15) is 5.75 Å². The van der Waals surface area contributed by atoms with Gasteiger partial charge in [-0.2, -0.15) is 0 Å². The van der Waals surface area contributed by atoms with Crippen LogP contribution in [-0.4, -0.2) is 5.11 Å². The van der Waals surface area contributed by atoms with E-state index in [0.29, 0.717) is 5.75 Å². The first-order valence-corrected chi connectivity index (χ1v) is 9.71. The first-order chi connectivity index (χ1) is 13.2. The Labute approximate surface area is 167 Å². The van der Waals surface area contributed by atoms with Crippen LogP contribution in [0.25, 0.3) is 16.8 Å². The Bertz CT molecular complexity index is 1090. The number of fused-ring (bicyclic) bond motifs is 1. The summed E-state index contributed by atoms with van der Waals surface area (Å²) in [5.41, 5.74) is 3.22. The summed E-state index contributed by atoms with van der Waals surface area (Å²) < 4.78 is 1.03. The van der Waals surface area contributed by atoms with Crippen LogP contribution in [-0.2, 0) is 0 Å². The maximum atomic E-state index is 10.8. The van der Waals surface area contributed by atoms with Gasteiger partial charge in [0.15, 0.2) is 0 Å². The van der Waals surface area contributed by atoms with Crippen molar-refractivity contribution in [3.05, 3.63) is 118 Å². The lowest BCUT2D eigenvalue weighted by molar-refractivity contribution is 0.469. The molecule has 0 heterocycles. The molecule has 1 N–H and O–H groups in total. The first-order valence-electron chi connectivity index (χ1n) is 8.92. The average Bonchev–Trinajstić information content (AvgIpc) is 2.71. The van der Waals surface area contributed by atoms with Crippen LogP contribution >= 0.6 is 15.9 Å². The predicted molar refractivity (Wildman–Crippen MR) is 117 cm³/mol. The fourth-order valence-electron chi connectivity index (χ4n) is 3.45. The highest BCUT2D eigenvalue weighted by Gasteiger charge is 2.18. The molecular formula is C25H19BrO. The van der Waals surface area contributed by atoms with Crippen LogP contribution in [0.4, 0.5) is 0 Å². The third kappa shape index (κ3) is 3.81. The molecule has 1 unspecified atom stereocenters. The number of phenols is 1. The van der Waals surface area contributed by atoms with E-state index >= 15 is 0 Å². The Morgan fingerprint density at radius 2 is 1.48 bits per heavy atom. The van der Waals surface area contributed by atoms with Crippen LogP contribution in [0.15, 0.2) is 102 Å². The Morgan fingerprint density at radius 1 is 0.778 bits per heavy atom. The number of hydrogen-bond acceptors (Lipinski definition) is 1. The summed E-state index contributed by atoms with van der Waals surface area (Å²) in [5.74, 6) is 0.271. The fraction of sp³-hybridized carbons (Fsp3) is 0.0400. The number of rotatable bonds is 4. The smallest absolute Gasteiger partial charge is 0.120 e. The molecule has 0 spiro atoms. The average molecular weight is 415 g/mol. The molecular weight excluding hydrogens is 396 g/mol. The second kappa shape index (κ2) is 7.81. The molecule has 0 aliphatic carbocycles. The van der Waals surface area contributed by atoms with Gasteiger partial charge >= 0.3 is 0 Å². The lowest BCUT2D eigenvalue weighted by Gasteiger charge is -2.18. The lowest BCUT2D eigenvalue weighted by Crippen LogP contribution is -2.00. The molecule has 1 nitrogen and oxygen atoms in total. The standard InChI is InChI=1S/C25H19BrO/c26-21-13-15-23-20(17-21)12-16-24(27)25(23)22(19-9-5-2-6-10-19)14-11-18-7-3-1-4-8-18/h1-17,22,27H/b14-11+. The van der Waals surface area contributed by atoms with Crippen molar-refractivity contribution >= 4 is 32.8 Å². The second-order valence-corrected chi connectivity index (χ2v) is 7.44. The van der Waals surface area contributed by atoms with Crippen molar-refractivity contribution < 1.29 is 5.11 Å². The zero-order valence-corrected chi connectivity index (χ0v) is 16.3. The normalized spacial score (nSPS) is 12.5. The van der Waals surface area contributed by atoms with Crippen molar-refractivity contribution in [2.45, 2.75) is 5.92 Å². The summed E-state index contributed by atoms with van der Waals surface area (Å²) in [6.07, 6.45) is 4.29. The molecule has 4 rings (SSSR count). The van der Waals surface area contributed by atoms with Crippen molar-refractivity contribution in [2.24, 2.45) is 0 Å². The molecule has 132 valence electrons. The molecule has 1 atom stereocenters. The predicted octanol–water partition coefficient (Wildman–Crippen LogP) is 7.15. The Balaban J connectivity index is 1.90.